The maximum atomic E-state index is 12.3. The molecule has 0 aromatic heterocycles. The lowest BCUT2D eigenvalue weighted by molar-refractivity contribution is -0.164. The van der Waals surface area contributed by atoms with E-state index in [2.05, 4.69) is 4.99 Å². The minimum absolute atomic E-state index is 0.0659. The normalized spacial score (nSPS) is 20.3. The van der Waals surface area contributed by atoms with E-state index in [1.807, 2.05) is 30.3 Å². The zero-order chi connectivity index (χ0) is 18.8. The number of allylic oxidation sites excluding steroid dienone is 1. The second-order valence-corrected chi connectivity index (χ2v) is 6.00. The Morgan fingerprint density at radius 3 is 2.54 bits per heavy atom. The van der Waals surface area contributed by atoms with Crippen LogP contribution in [-0.2, 0) is 35.2 Å². The van der Waals surface area contributed by atoms with Crippen molar-refractivity contribution in [3.63, 3.8) is 0 Å². The Hall–Kier alpha value is -3.16. The molecule has 0 bridgehead atoms. The van der Waals surface area contributed by atoms with Crippen molar-refractivity contribution in [1.82, 2.24) is 4.90 Å². The molecule has 0 aliphatic carbocycles. The third-order valence-corrected chi connectivity index (χ3v) is 3.98. The van der Waals surface area contributed by atoms with Gasteiger partial charge in [0.15, 0.2) is 6.04 Å². The maximum absolute atomic E-state index is 12.3. The minimum atomic E-state index is -0.853. The molecule has 0 spiro atoms. The lowest BCUT2D eigenvalue weighted by Crippen LogP contribution is -2.63. The highest BCUT2D eigenvalue weighted by molar-refractivity contribution is 6.33. The fourth-order valence-electron chi connectivity index (χ4n) is 2.72. The summed E-state index contributed by atoms with van der Waals surface area (Å²) in [5, 5.41) is 0. The van der Waals surface area contributed by atoms with Gasteiger partial charge in [0.2, 0.25) is 6.23 Å². The molecule has 2 atom stereocenters. The summed E-state index contributed by atoms with van der Waals surface area (Å²) in [7, 11) is 1.23. The maximum Gasteiger partial charge on any atom is 0.394 e. The first kappa shape index (κ1) is 17.7. The number of carbonyl (C=O) groups is 3. The fraction of sp³-hybridized carbons (Fsp3) is 0.333. The Labute approximate surface area is 150 Å². The van der Waals surface area contributed by atoms with E-state index in [1.54, 1.807) is 13.8 Å². The Bertz CT molecular complexity index is 810. The van der Waals surface area contributed by atoms with Crippen LogP contribution in [0.2, 0.25) is 0 Å². The molecule has 2 aliphatic rings. The smallest absolute Gasteiger partial charge is 0.394 e. The summed E-state index contributed by atoms with van der Waals surface area (Å²) >= 11 is 0. The molecule has 3 rings (SSSR count). The van der Waals surface area contributed by atoms with Gasteiger partial charge >= 0.3 is 11.9 Å². The number of fused-ring (bicyclic) bond motifs is 1. The number of likely N-dealkylation sites (tertiary alicyclic amines) is 1. The van der Waals surface area contributed by atoms with Gasteiger partial charge in [-0.15, -0.1) is 0 Å². The number of nitrogens with zero attached hydrogens (tertiary/aromatic N) is 2. The van der Waals surface area contributed by atoms with Gasteiger partial charge in [-0.3, -0.25) is 9.69 Å². The molecule has 0 saturated carbocycles. The van der Waals surface area contributed by atoms with Crippen LogP contribution < -0.4 is 0 Å². The highest BCUT2D eigenvalue weighted by Gasteiger charge is 2.57. The molecule has 8 heteroatoms. The average Bonchev–Trinajstić information content (AvgIpc) is 3.04. The summed E-state index contributed by atoms with van der Waals surface area (Å²) in [6.45, 7) is 3.42. The molecule has 0 radical (unpaired) electrons. The number of aliphatic imine (C=N–C) groups is 1. The molecule has 1 aromatic rings. The van der Waals surface area contributed by atoms with E-state index in [0.717, 1.165) is 10.5 Å². The van der Waals surface area contributed by atoms with Crippen LogP contribution in [0, 0.1) is 0 Å². The lowest BCUT2D eigenvalue weighted by atomic mass is 10.0. The number of benzene rings is 1. The van der Waals surface area contributed by atoms with Crippen LogP contribution in [0.5, 0.6) is 0 Å². The van der Waals surface area contributed by atoms with E-state index in [9.17, 15) is 14.4 Å². The highest BCUT2D eigenvalue weighted by atomic mass is 16.6. The Kier molecular flexibility index (Phi) is 4.75. The number of esters is 2. The molecular formula is C18H18N2O6. The van der Waals surface area contributed by atoms with Crippen molar-refractivity contribution in [2.75, 3.05) is 7.11 Å². The third kappa shape index (κ3) is 3.05. The number of ether oxygens (including phenoxy) is 3. The largest absolute Gasteiger partial charge is 0.464 e. The van der Waals surface area contributed by atoms with Gasteiger partial charge in [0, 0.05) is 0 Å². The van der Waals surface area contributed by atoms with Crippen LogP contribution >= 0.6 is 0 Å². The molecule has 136 valence electrons. The van der Waals surface area contributed by atoms with Gasteiger partial charge in [-0.25, -0.2) is 14.6 Å². The first-order valence-corrected chi connectivity index (χ1v) is 7.98. The number of methoxy groups -OCH3 is 1. The van der Waals surface area contributed by atoms with Crippen LogP contribution in [0.25, 0.3) is 0 Å². The highest BCUT2D eigenvalue weighted by Crippen LogP contribution is 2.34. The van der Waals surface area contributed by atoms with Crippen LogP contribution in [0.1, 0.15) is 19.4 Å². The molecule has 2 aliphatic heterocycles. The molecule has 1 aromatic carbocycles. The summed E-state index contributed by atoms with van der Waals surface area (Å²) in [5.74, 6) is -2.11. The number of rotatable bonds is 5. The SMILES string of the molecule is COC(=O)C(=C(C)C)N1C(=O)C2N=C(C(=O)OCc3ccccc3)OC21. The predicted molar refractivity (Wildman–Crippen MR) is 89.6 cm³/mol. The average molecular weight is 358 g/mol. The van der Waals surface area contributed by atoms with Crippen molar-refractivity contribution in [2.24, 2.45) is 4.99 Å². The molecular weight excluding hydrogens is 340 g/mol. The van der Waals surface area contributed by atoms with Crippen molar-refractivity contribution in [1.29, 1.82) is 0 Å². The predicted octanol–water partition coefficient (Wildman–Crippen LogP) is 1.16. The van der Waals surface area contributed by atoms with Crippen molar-refractivity contribution < 1.29 is 28.6 Å². The monoisotopic (exact) mass is 358 g/mol. The standard InChI is InChI=1S/C18H18N2O6/c1-10(2)13(17(22)24-3)20-15(21)12-16(20)26-14(19-12)18(23)25-9-11-7-5-4-6-8-11/h4-8,12,16H,9H2,1-3H3. The second-order valence-electron chi connectivity index (χ2n) is 6.00. The van der Waals surface area contributed by atoms with Gasteiger partial charge < -0.3 is 14.2 Å². The Balaban J connectivity index is 1.67. The van der Waals surface area contributed by atoms with E-state index in [4.69, 9.17) is 14.2 Å². The van der Waals surface area contributed by atoms with Gasteiger partial charge in [0.25, 0.3) is 11.8 Å². The molecule has 26 heavy (non-hydrogen) atoms. The van der Waals surface area contributed by atoms with Gasteiger partial charge in [0.1, 0.15) is 12.3 Å². The molecule has 1 amide bonds. The Morgan fingerprint density at radius 2 is 1.92 bits per heavy atom. The van der Waals surface area contributed by atoms with Gasteiger partial charge in [0.05, 0.1) is 7.11 Å². The van der Waals surface area contributed by atoms with E-state index < -0.39 is 30.1 Å². The summed E-state index contributed by atoms with van der Waals surface area (Å²) in [6.07, 6.45) is -0.842. The van der Waals surface area contributed by atoms with Crippen molar-refractivity contribution in [2.45, 2.75) is 32.7 Å². The van der Waals surface area contributed by atoms with Crippen LogP contribution in [0.3, 0.4) is 0 Å². The van der Waals surface area contributed by atoms with Crippen LogP contribution in [-0.4, -0.2) is 48.0 Å². The molecule has 0 N–H and O–H groups in total. The topological polar surface area (TPSA) is 94.5 Å². The third-order valence-electron chi connectivity index (χ3n) is 3.98. The van der Waals surface area contributed by atoms with Crippen LogP contribution in [0.4, 0.5) is 0 Å². The summed E-state index contributed by atoms with van der Waals surface area (Å²) in [6, 6.07) is 8.30. The molecule has 1 saturated heterocycles. The number of amides is 1. The number of hydrogen-bond acceptors (Lipinski definition) is 7. The zero-order valence-electron chi connectivity index (χ0n) is 14.6. The number of carbonyl (C=O) groups excluding carboxylic acids is 3. The van der Waals surface area contributed by atoms with Gasteiger partial charge in [-0.2, -0.15) is 0 Å². The van der Waals surface area contributed by atoms with Crippen molar-refractivity contribution in [3.8, 4) is 0 Å². The number of β-lactam (4-membered cyclic amide) rings is 1. The Morgan fingerprint density at radius 1 is 1.23 bits per heavy atom. The molecule has 8 nitrogen and oxygen atoms in total. The summed E-state index contributed by atoms with van der Waals surface area (Å²) in [5.41, 5.74) is 1.50. The van der Waals surface area contributed by atoms with E-state index in [1.165, 1.54) is 7.11 Å². The quantitative estimate of drug-likeness (QED) is 0.445. The van der Waals surface area contributed by atoms with Crippen LogP contribution in [0.15, 0.2) is 46.6 Å². The summed E-state index contributed by atoms with van der Waals surface area (Å²) < 4.78 is 15.3. The van der Waals surface area contributed by atoms with E-state index >= 15 is 0 Å². The second kappa shape index (κ2) is 6.99. The van der Waals surface area contributed by atoms with Crippen molar-refractivity contribution in [3.05, 3.63) is 47.2 Å². The first-order chi connectivity index (χ1) is 12.4. The van der Waals surface area contributed by atoms with Crippen molar-refractivity contribution >= 4 is 23.7 Å². The fourth-order valence-corrected chi connectivity index (χ4v) is 2.72. The minimum Gasteiger partial charge on any atom is -0.464 e. The molecule has 2 heterocycles. The van der Waals surface area contributed by atoms with Gasteiger partial charge in [-0.05, 0) is 25.0 Å². The van der Waals surface area contributed by atoms with Gasteiger partial charge in [-0.1, -0.05) is 30.3 Å². The van der Waals surface area contributed by atoms with E-state index in [0.29, 0.717) is 5.57 Å². The number of hydrogen-bond donors (Lipinski definition) is 0. The first-order valence-electron chi connectivity index (χ1n) is 7.98. The zero-order valence-corrected chi connectivity index (χ0v) is 14.6. The van der Waals surface area contributed by atoms with E-state index in [-0.39, 0.29) is 18.2 Å². The molecule has 2 unspecified atom stereocenters. The molecule has 1 fully saturated rings. The summed E-state index contributed by atoms with van der Waals surface area (Å²) in [4.78, 5) is 41.5. The lowest BCUT2D eigenvalue weighted by Gasteiger charge is -2.40.